The quantitative estimate of drug-likeness (QED) is 0.435. The number of hydrogen-bond acceptors (Lipinski definition) is 7. The van der Waals surface area contributed by atoms with Crippen molar-refractivity contribution < 1.29 is 21.6 Å². The molecule has 0 radical (unpaired) electrons. The summed E-state index contributed by atoms with van der Waals surface area (Å²) in [7, 11) is -3.56. The van der Waals surface area contributed by atoms with Crippen LogP contribution in [0.1, 0.15) is 25.5 Å². The Morgan fingerprint density at radius 3 is 2.47 bits per heavy atom. The van der Waals surface area contributed by atoms with Crippen molar-refractivity contribution in [2.45, 2.75) is 25.9 Å². The Bertz CT molecular complexity index is 1250. The van der Waals surface area contributed by atoms with E-state index in [0.717, 1.165) is 25.2 Å². The second-order valence-electron chi connectivity index (χ2n) is 7.89. The van der Waals surface area contributed by atoms with E-state index in [1.807, 2.05) is 0 Å². The number of nitrogens with one attached hydrogen (secondary N) is 2. The molecule has 0 saturated heterocycles. The summed E-state index contributed by atoms with van der Waals surface area (Å²) in [5, 5.41) is 6.46. The fourth-order valence-electron chi connectivity index (χ4n) is 2.76. The molecule has 2 aromatic heterocycles. The highest BCUT2D eigenvalue weighted by atomic mass is 35.5. The van der Waals surface area contributed by atoms with Gasteiger partial charge in [0.05, 0.1) is 4.91 Å². The van der Waals surface area contributed by atoms with Gasteiger partial charge in [-0.15, -0.1) is 0 Å². The molecule has 0 unspecified atom stereocenters. The van der Waals surface area contributed by atoms with Crippen LogP contribution in [0.25, 0.3) is 11.5 Å². The number of allylic oxidation sites excluding steroid dienone is 3. The molecule has 2 heterocycles. The zero-order valence-electron chi connectivity index (χ0n) is 18.4. The first-order valence-corrected chi connectivity index (χ1v) is 12.5. The SMILES string of the molecule is C=C(/C=C(\C=C(/C)Cl)Nc1cc(NCC2CC2)nc(-c2cccc(C(F)(F)F)n2)n1)S(C)(=O)=O. The molecule has 0 aromatic carbocycles. The summed E-state index contributed by atoms with van der Waals surface area (Å²) < 4.78 is 63.1. The lowest BCUT2D eigenvalue weighted by Gasteiger charge is -2.13. The van der Waals surface area contributed by atoms with Gasteiger partial charge in [-0.05, 0) is 50.0 Å². The van der Waals surface area contributed by atoms with Gasteiger partial charge >= 0.3 is 6.18 Å². The second kappa shape index (κ2) is 10.1. The molecule has 0 spiro atoms. The van der Waals surface area contributed by atoms with Gasteiger partial charge in [0.1, 0.15) is 23.0 Å². The van der Waals surface area contributed by atoms with Crippen molar-refractivity contribution in [1.82, 2.24) is 15.0 Å². The molecular formula is C22H23ClF3N5O2S. The Balaban J connectivity index is 2.03. The molecule has 1 fully saturated rings. The maximum absolute atomic E-state index is 13.2. The molecule has 1 aliphatic carbocycles. The average Bonchev–Trinajstić information content (AvgIpc) is 3.55. The number of alkyl halides is 3. The number of rotatable bonds is 9. The van der Waals surface area contributed by atoms with E-state index >= 15 is 0 Å². The lowest BCUT2D eigenvalue weighted by molar-refractivity contribution is -0.141. The largest absolute Gasteiger partial charge is 0.433 e. The Labute approximate surface area is 200 Å². The second-order valence-corrected chi connectivity index (χ2v) is 10.6. The monoisotopic (exact) mass is 513 g/mol. The first-order valence-electron chi connectivity index (χ1n) is 10.2. The molecule has 3 rings (SSSR count). The van der Waals surface area contributed by atoms with Crippen molar-refractivity contribution in [2.24, 2.45) is 5.92 Å². The van der Waals surface area contributed by atoms with Crippen LogP contribution in [0, 0.1) is 5.92 Å². The Hall–Kier alpha value is -2.92. The third-order valence-corrected chi connectivity index (χ3v) is 5.86. The lowest BCUT2D eigenvalue weighted by atomic mass is 10.2. The van der Waals surface area contributed by atoms with Crippen LogP contribution < -0.4 is 10.6 Å². The Morgan fingerprint density at radius 1 is 1.21 bits per heavy atom. The lowest BCUT2D eigenvalue weighted by Crippen LogP contribution is -2.11. The Morgan fingerprint density at radius 2 is 1.88 bits per heavy atom. The van der Waals surface area contributed by atoms with Gasteiger partial charge in [0.2, 0.25) is 0 Å². The number of nitrogens with zero attached hydrogens (tertiary/aromatic N) is 3. The molecule has 7 nitrogen and oxygen atoms in total. The van der Waals surface area contributed by atoms with Crippen LogP contribution in [0.2, 0.25) is 0 Å². The minimum absolute atomic E-state index is 0.0396. The third kappa shape index (κ3) is 7.56. The summed E-state index contributed by atoms with van der Waals surface area (Å²) in [5.74, 6) is 1.05. The predicted octanol–water partition coefficient (Wildman–Crippen LogP) is 5.38. The van der Waals surface area contributed by atoms with E-state index in [1.54, 1.807) is 13.0 Å². The molecule has 2 N–H and O–H groups in total. The van der Waals surface area contributed by atoms with E-state index < -0.39 is 21.7 Å². The summed E-state index contributed by atoms with van der Waals surface area (Å²) in [6.07, 6.45) is 1.33. The zero-order chi connectivity index (χ0) is 25.1. The van der Waals surface area contributed by atoms with Crippen molar-refractivity contribution in [3.63, 3.8) is 0 Å². The van der Waals surface area contributed by atoms with E-state index in [0.29, 0.717) is 23.3 Å². The summed E-state index contributed by atoms with van der Waals surface area (Å²) in [5.41, 5.74) is -0.869. The van der Waals surface area contributed by atoms with Crippen LogP contribution in [0.15, 0.2) is 58.6 Å². The number of hydrogen-bond donors (Lipinski definition) is 2. The maximum atomic E-state index is 13.2. The van der Waals surface area contributed by atoms with Gasteiger partial charge in [0, 0.05) is 29.6 Å². The number of aromatic nitrogens is 3. The van der Waals surface area contributed by atoms with Crippen LogP contribution in [0.3, 0.4) is 0 Å². The molecular weight excluding hydrogens is 491 g/mol. The van der Waals surface area contributed by atoms with Crippen LogP contribution in [0.4, 0.5) is 24.8 Å². The van der Waals surface area contributed by atoms with E-state index in [-0.39, 0.29) is 27.9 Å². The van der Waals surface area contributed by atoms with Crippen molar-refractivity contribution in [2.75, 3.05) is 23.4 Å². The first kappa shape index (κ1) is 25.7. The highest BCUT2D eigenvalue weighted by molar-refractivity contribution is 7.94. The third-order valence-electron chi connectivity index (χ3n) is 4.68. The minimum Gasteiger partial charge on any atom is -0.370 e. The number of pyridine rings is 1. The van der Waals surface area contributed by atoms with Crippen LogP contribution in [-0.2, 0) is 16.0 Å². The van der Waals surface area contributed by atoms with Crippen molar-refractivity contribution in [1.29, 1.82) is 0 Å². The number of halogens is 4. The molecule has 1 saturated carbocycles. The van der Waals surface area contributed by atoms with Crippen molar-refractivity contribution in [3.05, 3.63) is 64.3 Å². The van der Waals surface area contributed by atoms with Gasteiger partial charge in [0.25, 0.3) is 0 Å². The predicted molar refractivity (Wildman–Crippen MR) is 127 cm³/mol. The van der Waals surface area contributed by atoms with E-state index in [1.165, 1.54) is 24.3 Å². The van der Waals surface area contributed by atoms with Crippen LogP contribution >= 0.6 is 11.6 Å². The van der Waals surface area contributed by atoms with Crippen LogP contribution in [0.5, 0.6) is 0 Å². The fraction of sp³-hybridized carbons (Fsp3) is 0.318. The molecule has 182 valence electrons. The molecule has 1 aliphatic rings. The van der Waals surface area contributed by atoms with Crippen molar-refractivity contribution in [3.8, 4) is 11.5 Å². The smallest absolute Gasteiger partial charge is 0.370 e. The number of sulfone groups is 1. The van der Waals surface area contributed by atoms with Gasteiger partial charge < -0.3 is 10.6 Å². The van der Waals surface area contributed by atoms with E-state index in [9.17, 15) is 21.6 Å². The van der Waals surface area contributed by atoms with Gasteiger partial charge in [-0.2, -0.15) is 13.2 Å². The first-order chi connectivity index (χ1) is 15.8. The van der Waals surface area contributed by atoms with Gasteiger partial charge in [-0.3, -0.25) is 0 Å². The highest BCUT2D eigenvalue weighted by Gasteiger charge is 2.32. The molecule has 0 amide bonds. The average molecular weight is 514 g/mol. The standard InChI is InChI=1S/C22H23ClF3N5O2S/c1-13(23)9-16(10-14(2)34(3,32)33)28-20-11-19(27-12-15-7-8-15)30-21(31-20)17-5-4-6-18(29-17)22(24,25)26/h4-6,9-11,15H,2,7-8,12H2,1,3H3,(H2,27,28,30,31)/b13-9+,16-10+. The van der Waals surface area contributed by atoms with E-state index in [4.69, 9.17) is 11.6 Å². The van der Waals surface area contributed by atoms with Gasteiger partial charge in [-0.25, -0.2) is 23.4 Å². The van der Waals surface area contributed by atoms with Gasteiger partial charge in [0.15, 0.2) is 15.7 Å². The highest BCUT2D eigenvalue weighted by Crippen LogP contribution is 2.31. The molecule has 34 heavy (non-hydrogen) atoms. The molecule has 0 atom stereocenters. The maximum Gasteiger partial charge on any atom is 0.433 e. The molecule has 0 aliphatic heterocycles. The zero-order valence-corrected chi connectivity index (χ0v) is 20.0. The summed E-state index contributed by atoms with van der Waals surface area (Å²) >= 11 is 5.99. The van der Waals surface area contributed by atoms with E-state index in [2.05, 4.69) is 32.2 Å². The summed E-state index contributed by atoms with van der Waals surface area (Å²) in [4.78, 5) is 12.1. The Kier molecular flexibility index (Phi) is 7.67. The number of anilines is 2. The molecule has 2 aromatic rings. The minimum atomic E-state index is -4.62. The summed E-state index contributed by atoms with van der Waals surface area (Å²) in [6, 6.07) is 5.04. The topological polar surface area (TPSA) is 96.9 Å². The van der Waals surface area contributed by atoms with Crippen molar-refractivity contribution >= 4 is 33.1 Å². The fourth-order valence-corrected chi connectivity index (χ4v) is 3.22. The van der Waals surface area contributed by atoms with Gasteiger partial charge in [-0.1, -0.05) is 24.2 Å². The molecule has 0 bridgehead atoms. The normalized spacial score (nSPS) is 15.2. The molecule has 12 heteroatoms. The summed E-state index contributed by atoms with van der Waals surface area (Å²) in [6.45, 7) is 5.80. The van der Waals surface area contributed by atoms with Crippen LogP contribution in [-0.4, -0.2) is 36.2 Å².